The van der Waals surface area contributed by atoms with Crippen LogP contribution in [0.4, 0.5) is 0 Å². The van der Waals surface area contributed by atoms with Crippen LogP contribution in [0, 0.1) is 5.41 Å². The second kappa shape index (κ2) is 6.63. The SMILES string of the molecule is CCCC(OC)C(=O)C(C)(C)C(=O)OCC. The molecule has 1 unspecified atom stereocenters. The molecule has 0 radical (unpaired) electrons. The molecule has 0 saturated heterocycles. The Labute approximate surface area is 97.3 Å². The first kappa shape index (κ1) is 15.1. The number of Topliss-reactive ketones (excluding diaryl/α,β-unsaturated/α-hetero) is 1. The van der Waals surface area contributed by atoms with E-state index in [1.54, 1.807) is 20.8 Å². The lowest BCUT2D eigenvalue weighted by atomic mass is 9.84. The van der Waals surface area contributed by atoms with E-state index in [1.165, 1.54) is 7.11 Å². The van der Waals surface area contributed by atoms with Crippen molar-refractivity contribution in [3.8, 4) is 0 Å². The number of hydrogen-bond donors (Lipinski definition) is 0. The number of esters is 1. The maximum absolute atomic E-state index is 12.1. The molecule has 0 heterocycles. The van der Waals surface area contributed by atoms with Gasteiger partial charge in [0.15, 0.2) is 5.78 Å². The summed E-state index contributed by atoms with van der Waals surface area (Å²) in [5.41, 5.74) is -1.13. The van der Waals surface area contributed by atoms with Gasteiger partial charge in [0.25, 0.3) is 0 Å². The van der Waals surface area contributed by atoms with E-state index in [0.717, 1.165) is 6.42 Å². The highest BCUT2D eigenvalue weighted by molar-refractivity contribution is 6.05. The molecule has 0 saturated carbocycles. The van der Waals surface area contributed by atoms with Gasteiger partial charge in [-0.2, -0.15) is 0 Å². The Morgan fingerprint density at radius 2 is 1.81 bits per heavy atom. The van der Waals surface area contributed by atoms with Crippen molar-refractivity contribution in [2.24, 2.45) is 5.41 Å². The quantitative estimate of drug-likeness (QED) is 0.495. The van der Waals surface area contributed by atoms with Crippen molar-refractivity contribution in [2.75, 3.05) is 13.7 Å². The number of carbonyl (C=O) groups is 2. The van der Waals surface area contributed by atoms with Crippen LogP contribution < -0.4 is 0 Å². The van der Waals surface area contributed by atoms with Crippen molar-refractivity contribution >= 4 is 11.8 Å². The highest BCUT2D eigenvalue weighted by Crippen LogP contribution is 2.23. The Balaban J connectivity index is 4.71. The lowest BCUT2D eigenvalue weighted by Crippen LogP contribution is -2.42. The molecular weight excluding hydrogens is 208 g/mol. The number of ketones is 1. The van der Waals surface area contributed by atoms with Gasteiger partial charge in [0, 0.05) is 7.11 Å². The van der Waals surface area contributed by atoms with E-state index in [-0.39, 0.29) is 12.4 Å². The van der Waals surface area contributed by atoms with Gasteiger partial charge in [0.05, 0.1) is 6.61 Å². The number of rotatable bonds is 7. The van der Waals surface area contributed by atoms with Gasteiger partial charge in [0.1, 0.15) is 11.5 Å². The van der Waals surface area contributed by atoms with Crippen molar-refractivity contribution in [1.29, 1.82) is 0 Å². The zero-order chi connectivity index (χ0) is 12.8. The summed E-state index contributed by atoms with van der Waals surface area (Å²) in [6.45, 7) is 7.12. The van der Waals surface area contributed by atoms with Gasteiger partial charge in [-0.25, -0.2) is 0 Å². The van der Waals surface area contributed by atoms with Crippen LogP contribution in [-0.2, 0) is 19.1 Å². The minimum Gasteiger partial charge on any atom is -0.465 e. The zero-order valence-corrected chi connectivity index (χ0v) is 10.8. The molecule has 1 atom stereocenters. The van der Waals surface area contributed by atoms with Crippen LogP contribution in [0.1, 0.15) is 40.5 Å². The molecule has 0 N–H and O–H groups in total. The van der Waals surface area contributed by atoms with Crippen molar-refractivity contribution < 1.29 is 19.1 Å². The number of hydrogen-bond acceptors (Lipinski definition) is 4. The lowest BCUT2D eigenvalue weighted by Gasteiger charge is -2.25. The van der Waals surface area contributed by atoms with Crippen LogP contribution in [0.3, 0.4) is 0 Å². The maximum atomic E-state index is 12.1. The Hall–Kier alpha value is -0.900. The van der Waals surface area contributed by atoms with E-state index in [4.69, 9.17) is 9.47 Å². The molecule has 16 heavy (non-hydrogen) atoms. The van der Waals surface area contributed by atoms with Gasteiger partial charge in [-0.15, -0.1) is 0 Å². The third-order valence-electron chi connectivity index (χ3n) is 2.53. The smallest absolute Gasteiger partial charge is 0.319 e. The van der Waals surface area contributed by atoms with Gasteiger partial charge >= 0.3 is 5.97 Å². The molecule has 0 amide bonds. The Morgan fingerprint density at radius 3 is 2.19 bits per heavy atom. The Kier molecular flexibility index (Phi) is 6.26. The summed E-state index contributed by atoms with van der Waals surface area (Å²) in [6, 6.07) is 0. The third kappa shape index (κ3) is 3.59. The summed E-state index contributed by atoms with van der Waals surface area (Å²) >= 11 is 0. The van der Waals surface area contributed by atoms with Crippen LogP contribution >= 0.6 is 0 Å². The summed E-state index contributed by atoms with van der Waals surface area (Å²) in [5, 5.41) is 0. The monoisotopic (exact) mass is 230 g/mol. The van der Waals surface area contributed by atoms with Crippen molar-refractivity contribution in [1.82, 2.24) is 0 Å². The first-order chi connectivity index (χ1) is 7.41. The predicted molar refractivity (Wildman–Crippen MR) is 61.1 cm³/mol. The Bertz CT molecular complexity index is 245. The number of ether oxygens (including phenoxy) is 2. The fourth-order valence-corrected chi connectivity index (χ4v) is 1.43. The maximum Gasteiger partial charge on any atom is 0.319 e. The standard InChI is InChI=1S/C12H22O4/c1-6-8-9(15-5)10(13)12(3,4)11(14)16-7-2/h9H,6-8H2,1-5H3. The molecule has 0 aromatic carbocycles. The molecule has 4 heteroatoms. The minimum absolute atomic E-state index is 0.213. The molecule has 0 aliphatic rings. The van der Waals surface area contributed by atoms with E-state index in [0.29, 0.717) is 6.42 Å². The van der Waals surface area contributed by atoms with E-state index < -0.39 is 17.5 Å². The Morgan fingerprint density at radius 1 is 1.25 bits per heavy atom. The molecule has 0 spiro atoms. The molecule has 0 bridgehead atoms. The molecule has 4 nitrogen and oxygen atoms in total. The zero-order valence-electron chi connectivity index (χ0n) is 10.8. The largest absolute Gasteiger partial charge is 0.465 e. The summed E-state index contributed by atoms with van der Waals surface area (Å²) in [4.78, 5) is 23.7. The molecule has 0 aliphatic carbocycles. The number of methoxy groups -OCH3 is 1. The molecule has 0 aromatic heterocycles. The average molecular weight is 230 g/mol. The molecule has 0 aromatic rings. The number of carbonyl (C=O) groups excluding carboxylic acids is 2. The predicted octanol–water partition coefficient (Wildman–Crippen LogP) is 1.96. The van der Waals surface area contributed by atoms with Crippen molar-refractivity contribution in [3.05, 3.63) is 0 Å². The van der Waals surface area contributed by atoms with Crippen LogP contribution in [0.25, 0.3) is 0 Å². The van der Waals surface area contributed by atoms with Gasteiger partial charge in [-0.05, 0) is 27.2 Å². The van der Waals surface area contributed by atoms with Crippen molar-refractivity contribution in [3.63, 3.8) is 0 Å². The summed E-state index contributed by atoms with van der Waals surface area (Å²) < 4.78 is 10.00. The van der Waals surface area contributed by atoms with Gasteiger partial charge in [-0.3, -0.25) is 9.59 Å². The van der Waals surface area contributed by atoms with Gasteiger partial charge in [-0.1, -0.05) is 13.3 Å². The van der Waals surface area contributed by atoms with Crippen molar-refractivity contribution in [2.45, 2.75) is 46.6 Å². The summed E-state index contributed by atoms with van der Waals surface area (Å²) in [5.74, 6) is -0.701. The molecule has 0 rings (SSSR count). The summed E-state index contributed by atoms with van der Waals surface area (Å²) in [7, 11) is 1.49. The molecular formula is C12H22O4. The molecule has 0 fully saturated rings. The lowest BCUT2D eigenvalue weighted by molar-refractivity contribution is -0.161. The van der Waals surface area contributed by atoms with Crippen LogP contribution in [0.15, 0.2) is 0 Å². The molecule has 0 aliphatic heterocycles. The van der Waals surface area contributed by atoms with E-state index in [1.807, 2.05) is 6.92 Å². The van der Waals surface area contributed by atoms with Crippen LogP contribution in [-0.4, -0.2) is 31.6 Å². The van der Waals surface area contributed by atoms with Gasteiger partial charge in [0.2, 0.25) is 0 Å². The van der Waals surface area contributed by atoms with E-state index in [2.05, 4.69) is 0 Å². The normalized spacial score (nSPS) is 13.3. The fraction of sp³-hybridized carbons (Fsp3) is 0.833. The average Bonchev–Trinajstić information content (AvgIpc) is 2.25. The van der Waals surface area contributed by atoms with Gasteiger partial charge < -0.3 is 9.47 Å². The molecule has 94 valence electrons. The third-order valence-corrected chi connectivity index (χ3v) is 2.53. The van der Waals surface area contributed by atoms with Crippen LogP contribution in [0.5, 0.6) is 0 Å². The first-order valence-corrected chi connectivity index (χ1v) is 5.66. The van der Waals surface area contributed by atoms with E-state index >= 15 is 0 Å². The van der Waals surface area contributed by atoms with Crippen LogP contribution in [0.2, 0.25) is 0 Å². The second-order valence-electron chi connectivity index (χ2n) is 4.22. The first-order valence-electron chi connectivity index (χ1n) is 5.66. The second-order valence-corrected chi connectivity index (χ2v) is 4.22. The topological polar surface area (TPSA) is 52.6 Å². The minimum atomic E-state index is -1.13. The highest BCUT2D eigenvalue weighted by atomic mass is 16.5. The van der Waals surface area contributed by atoms with E-state index in [9.17, 15) is 9.59 Å². The fourth-order valence-electron chi connectivity index (χ4n) is 1.43. The highest BCUT2D eigenvalue weighted by Gasteiger charge is 2.41. The summed E-state index contributed by atoms with van der Waals surface area (Å²) in [6.07, 6.45) is 0.936.